The zero-order valence-corrected chi connectivity index (χ0v) is 12.8. The summed E-state index contributed by atoms with van der Waals surface area (Å²) in [6, 6.07) is 5.08. The van der Waals surface area contributed by atoms with Crippen LogP contribution in [0.25, 0.3) is 0 Å². The van der Waals surface area contributed by atoms with E-state index in [0.717, 1.165) is 19.4 Å². The number of carbonyl (C=O) groups excluding carboxylic acids is 1. The number of anilines is 1. The molecule has 6 heteroatoms. The highest BCUT2D eigenvalue weighted by Gasteiger charge is 2.15. The predicted molar refractivity (Wildman–Crippen MR) is 81.0 cm³/mol. The Labute approximate surface area is 129 Å². The van der Waals surface area contributed by atoms with E-state index in [4.69, 9.17) is 25.8 Å². The molecule has 1 fully saturated rings. The Morgan fingerprint density at radius 2 is 2.38 bits per heavy atom. The Morgan fingerprint density at radius 3 is 3.10 bits per heavy atom. The molecule has 1 heterocycles. The van der Waals surface area contributed by atoms with Crippen molar-refractivity contribution in [1.82, 2.24) is 0 Å². The van der Waals surface area contributed by atoms with Crippen molar-refractivity contribution in [1.29, 1.82) is 0 Å². The third-order valence-corrected chi connectivity index (χ3v) is 3.47. The van der Waals surface area contributed by atoms with Gasteiger partial charge < -0.3 is 19.5 Å². The molecule has 0 unspecified atom stereocenters. The Balaban J connectivity index is 1.72. The van der Waals surface area contributed by atoms with E-state index in [1.54, 1.807) is 25.3 Å². The van der Waals surface area contributed by atoms with Crippen molar-refractivity contribution in [3.63, 3.8) is 0 Å². The number of ether oxygens (including phenoxy) is 3. The lowest BCUT2D eigenvalue weighted by Gasteiger charge is -2.12. The van der Waals surface area contributed by atoms with Crippen molar-refractivity contribution in [2.75, 3.05) is 32.2 Å². The topological polar surface area (TPSA) is 56.8 Å². The summed E-state index contributed by atoms with van der Waals surface area (Å²) in [6.07, 6.45) is 2.58. The monoisotopic (exact) mass is 313 g/mol. The molecule has 0 aliphatic carbocycles. The van der Waals surface area contributed by atoms with Gasteiger partial charge in [-0.3, -0.25) is 4.79 Å². The highest BCUT2D eigenvalue weighted by molar-refractivity contribution is 6.31. The Morgan fingerprint density at radius 1 is 1.52 bits per heavy atom. The second-order valence-electron chi connectivity index (χ2n) is 4.85. The largest absolute Gasteiger partial charge is 0.495 e. The van der Waals surface area contributed by atoms with Gasteiger partial charge in [-0.15, -0.1) is 0 Å². The Kier molecular flexibility index (Phi) is 6.29. The minimum atomic E-state index is -0.136. The van der Waals surface area contributed by atoms with Gasteiger partial charge in [-0.1, -0.05) is 11.6 Å². The van der Waals surface area contributed by atoms with Gasteiger partial charge in [0.15, 0.2) is 0 Å². The molecule has 1 aromatic carbocycles. The molecule has 21 heavy (non-hydrogen) atoms. The summed E-state index contributed by atoms with van der Waals surface area (Å²) in [6.45, 7) is 1.73. The summed E-state index contributed by atoms with van der Waals surface area (Å²) < 4.78 is 16.1. The lowest BCUT2D eigenvalue weighted by molar-refractivity contribution is -0.117. The van der Waals surface area contributed by atoms with Crippen molar-refractivity contribution < 1.29 is 19.0 Å². The van der Waals surface area contributed by atoms with Crippen molar-refractivity contribution in [3.8, 4) is 5.75 Å². The van der Waals surface area contributed by atoms with Gasteiger partial charge in [0, 0.05) is 11.6 Å². The number of methoxy groups -OCH3 is 1. The molecule has 116 valence electrons. The summed E-state index contributed by atoms with van der Waals surface area (Å²) in [5.41, 5.74) is 0.564. The maximum Gasteiger partial charge on any atom is 0.226 e. The van der Waals surface area contributed by atoms with Gasteiger partial charge in [0.25, 0.3) is 0 Å². The molecule has 5 nitrogen and oxygen atoms in total. The van der Waals surface area contributed by atoms with E-state index < -0.39 is 0 Å². The van der Waals surface area contributed by atoms with Crippen LogP contribution in [0, 0.1) is 0 Å². The third-order valence-electron chi connectivity index (χ3n) is 3.24. The first-order chi connectivity index (χ1) is 10.2. The number of nitrogens with one attached hydrogen (secondary N) is 1. The lowest BCUT2D eigenvalue weighted by atomic mass is 10.2. The van der Waals surface area contributed by atoms with E-state index in [0.29, 0.717) is 29.7 Å². The van der Waals surface area contributed by atoms with Crippen LogP contribution < -0.4 is 10.1 Å². The van der Waals surface area contributed by atoms with Gasteiger partial charge in [-0.2, -0.15) is 0 Å². The number of amides is 1. The van der Waals surface area contributed by atoms with Crippen LogP contribution in [0.4, 0.5) is 5.69 Å². The fourth-order valence-corrected chi connectivity index (χ4v) is 2.32. The quantitative estimate of drug-likeness (QED) is 0.786. The fourth-order valence-electron chi connectivity index (χ4n) is 2.15. The predicted octanol–water partition coefficient (Wildman–Crippen LogP) is 2.87. The molecule has 0 saturated carbocycles. The zero-order chi connectivity index (χ0) is 15.1. The summed E-state index contributed by atoms with van der Waals surface area (Å²) in [5.74, 6) is 0.441. The first-order valence-corrected chi connectivity index (χ1v) is 7.39. The Hall–Kier alpha value is -1.30. The SMILES string of the molecule is COc1ccc(Cl)cc1NC(=O)CCOC[C@@H]1CCCO1. The number of halogens is 1. The summed E-state index contributed by atoms with van der Waals surface area (Å²) in [7, 11) is 1.55. The van der Waals surface area contributed by atoms with Crippen LogP contribution in [-0.4, -0.2) is 38.9 Å². The van der Waals surface area contributed by atoms with E-state index in [-0.39, 0.29) is 18.4 Å². The van der Waals surface area contributed by atoms with Gasteiger partial charge in [0.2, 0.25) is 5.91 Å². The van der Waals surface area contributed by atoms with Crippen LogP contribution in [0.1, 0.15) is 19.3 Å². The number of hydrogen-bond donors (Lipinski definition) is 1. The first-order valence-electron chi connectivity index (χ1n) is 7.02. The van der Waals surface area contributed by atoms with Crippen molar-refractivity contribution in [3.05, 3.63) is 23.2 Å². The molecule has 1 atom stereocenters. The van der Waals surface area contributed by atoms with E-state index in [9.17, 15) is 4.79 Å². The van der Waals surface area contributed by atoms with Gasteiger partial charge in [0.1, 0.15) is 5.75 Å². The normalized spacial score (nSPS) is 17.7. The highest BCUT2D eigenvalue weighted by atomic mass is 35.5. The van der Waals surface area contributed by atoms with Crippen molar-refractivity contribution >= 4 is 23.2 Å². The van der Waals surface area contributed by atoms with E-state index in [2.05, 4.69) is 5.32 Å². The minimum Gasteiger partial charge on any atom is -0.495 e. The number of hydrogen-bond acceptors (Lipinski definition) is 4. The molecule has 0 aromatic heterocycles. The fraction of sp³-hybridized carbons (Fsp3) is 0.533. The summed E-state index contributed by atoms with van der Waals surface area (Å²) >= 11 is 5.91. The second-order valence-corrected chi connectivity index (χ2v) is 5.29. The van der Waals surface area contributed by atoms with Crippen LogP contribution >= 0.6 is 11.6 Å². The first kappa shape index (κ1) is 16.1. The molecule has 0 radical (unpaired) electrons. The van der Waals surface area contributed by atoms with Gasteiger partial charge >= 0.3 is 0 Å². The van der Waals surface area contributed by atoms with Crippen LogP contribution in [0.5, 0.6) is 5.75 Å². The maximum atomic E-state index is 11.9. The van der Waals surface area contributed by atoms with Gasteiger partial charge in [-0.05, 0) is 31.0 Å². The maximum absolute atomic E-state index is 11.9. The lowest BCUT2D eigenvalue weighted by Crippen LogP contribution is -2.18. The molecule has 1 N–H and O–H groups in total. The van der Waals surface area contributed by atoms with E-state index in [1.165, 1.54) is 0 Å². The third kappa shape index (κ3) is 5.19. The standard InChI is InChI=1S/C15H20ClNO4/c1-19-14-5-4-11(16)9-13(14)17-15(18)6-8-20-10-12-3-2-7-21-12/h4-5,9,12H,2-3,6-8,10H2,1H3,(H,17,18)/t12-/m0/s1. The smallest absolute Gasteiger partial charge is 0.226 e. The van der Waals surface area contributed by atoms with Crippen LogP contribution in [0.15, 0.2) is 18.2 Å². The zero-order valence-electron chi connectivity index (χ0n) is 12.1. The number of carbonyl (C=O) groups is 1. The van der Waals surface area contributed by atoms with Gasteiger partial charge in [-0.25, -0.2) is 0 Å². The van der Waals surface area contributed by atoms with Gasteiger partial charge in [0.05, 0.1) is 38.5 Å². The average Bonchev–Trinajstić information content (AvgIpc) is 2.97. The molecular weight excluding hydrogens is 294 g/mol. The molecule has 2 rings (SSSR count). The highest BCUT2D eigenvalue weighted by Crippen LogP contribution is 2.27. The average molecular weight is 314 g/mol. The molecular formula is C15H20ClNO4. The van der Waals surface area contributed by atoms with Crippen LogP contribution in [-0.2, 0) is 14.3 Å². The second kappa shape index (κ2) is 8.22. The molecule has 0 bridgehead atoms. The minimum absolute atomic E-state index is 0.136. The molecule has 1 aromatic rings. The molecule has 1 aliphatic rings. The summed E-state index contributed by atoms with van der Waals surface area (Å²) in [5, 5.41) is 3.31. The van der Waals surface area contributed by atoms with Crippen LogP contribution in [0.3, 0.4) is 0 Å². The van der Waals surface area contributed by atoms with E-state index in [1.807, 2.05) is 0 Å². The van der Waals surface area contributed by atoms with E-state index >= 15 is 0 Å². The van der Waals surface area contributed by atoms with Crippen LogP contribution in [0.2, 0.25) is 5.02 Å². The molecule has 0 spiro atoms. The van der Waals surface area contributed by atoms with Crippen molar-refractivity contribution in [2.24, 2.45) is 0 Å². The van der Waals surface area contributed by atoms with Crippen molar-refractivity contribution in [2.45, 2.75) is 25.4 Å². The number of rotatable bonds is 7. The number of benzene rings is 1. The molecule has 1 aliphatic heterocycles. The summed E-state index contributed by atoms with van der Waals surface area (Å²) in [4.78, 5) is 11.9. The Bertz CT molecular complexity index is 475. The molecule has 1 saturated heterocycles. The molecule has 1 amide bonds.